The van der Waals surface area contributed by atoms with Crippen molar-refractivity contribution in [1.82, 2.24) is 0 Å². The number of aryl methyl sites for hydroxylation is 1. The van der Waals surface area contributed by atoms with E-state index in [4.69, 9.17) is 13.9 Å². The van der Waals surface area contributed by atoms with E-state index >= 15 is 0 Å². The number of hydrogen-bond donors (Lipinski definition) is 1. The quantitative estimate of drug-likeness (QED) is 0.348. The molecule has 5 rings (SSSR count). The summed E-state index contributed by atoms with van der Waals surface area (Å²) in [4.78, 5) is 28.3. The average Bonchev–Trinajstić information content (AvgIpc) is 2.93. The first kappa shape index (κ1) is 24.4. The molecular formula is C30H30N2O5. The van der Waals surface area contributed by atoms with Gasteiger partial charge in [-0.1, -0.05) is 24.3 Å². The summed E-state index contributed by atoms with van der Waals surface area (Å²) in [7, 11) is 1.60. The third kappa shape index (κ3) is 5.31. The predicted octanol–water partition coefficient (Wildman–Crippen LogP) is 5.78. The zero-order chi connectivity index (χ0) is 25.8. The van der Waals surface area contributed by atoms with Crippen molar-refractivity contribution in [3.8, 4) is 22.6 Å². The third-order valence-electron chi connectivity index (χ3n) is 6.66. The molecule has 37 heavy (non-hydrogen) atoms. The summed E-state index contributed by atoms with van der Waals surface area (Å²) in [6, 6.07) is 20.2. The summed E-state index contributed by atoms with van der Waals surface area (Å²) in [5.74, 6) is 1.42. The molecule has 0 radical (unpaired) electrons. The summed E-state index contributed by atoms with van der Waals surface area (Å²) in [6.07, 6.45) is 3.56. The zero-order valence-corrected chi connectivity index (χ0v) is 21.1. The Morgan fingerprint density at radius 1 is 0.973 bits per heavy atom. The fourth-order valence-electron chi connectivity index (χ4n) is 4.79. The molecule has 1 fully saturated rings. The van der Waals surface area contributed by atoms with Crippen LogP contribution in [0, 0.1) is 6.92 Å². The van der Waals surface area contributed by atoms with Gasteiger partial charge in [0.05, 0.1) is 29.4 Å². The van der Waals surface area contributed by atoms with Crippen LogP contribution in [-0.2, 0) is 4.79 Å². The average molecular weight is 499 g/mol. The smallest absolute Gasteiger partial charge is 0.262 e. The van der Waals surface area contributed by atoms with E-state index in [0.717, 1.165) is 42.9 Å². The number of nitrogens with one attached hydrogen (secondary N) is 1. The molecule has 0 aliphatic carbocycles. The molecule has 1 aliphatic heterocycles. The summed E-state index contributed by atoms with van der Waals surface area (Å²) in [6.45, 7) is 3.59. The highest BCUT2D eigenvalue weighted by molar-refractivity contribution is 5.95. The second-order valence-corrected chi connectivity index (χ2v) is 9.15. The molecular weight excluding hydrogens is 468 g/mol. The van der Waals surface area contributed by atoms with Crippen LogP contribution in [-0.4, -0.2) is 32.7 Å². The van der Waals surface area contributed by atoms with E-state index in [0.29, 0.717) is 33.8 Å². The van der Waals surface area contributed by atoms with Gasteiger partial charge in [0.25, 0.3) is 5.91 Å². The summed E-state index contributed by atoms with van der Waals surface area (Å²) >= 11 is 0. The first-order chi connectivity index (χ1) is 18.0. The van der Waals surface area contributed by atoms with Crippen molar-refractivity contribution >= 4 is 28.3 Å². The second-order valence-electron chi connectivity index (χ2n) is 9.15. The molecule has 0 bridgehead atoms. The van der Waals surface area contributed by atoms with Crippen molar-refractivity contribution in [2.75, 3.05) is 37.0 Å². The third-order valence-corrected chi connectivity index (χ3v) is 6.66. The van der Waals surface area contributed by atoms with Crippen LogP contribution < -0.4 is 25.1 Å². The Hall–Kier alpha value is -4.26. The number of rotatable bonds is 7. The first-order valence-corrected chi connectivity index (χ1v) is 12.5. The summed E-state index contributed by atoms with van der Waals surface area (Å²) < 4.78 is 17.0. The topological polar surface area (TPSA) is 81.0 Å². The minimum absolute atomic E-state index is 0.123. The van der Waals surface area contributed by atoms with Crippen molar-refractivity contribution in [2.45, 2.75) is 26.2 Å². The van der Waals surface area contributed by atoms with Crippen LogP contribution in [0.4, 0.5) is 11.4 Å². The van der Waals surface area contributed by atoms with E-state index in [2.05, 4.69) is 10.2 Å². The number of anilines is 2. The lowest BCUT2D eigenvalue weighted by molar-refractivity contribution is -0.118. The molecule has 7 heteroatoms. The van der Waals surface area contributed by atoms with E-state index in [1.807, 2.05) is 48.5 Å². The van der Waals surface area contributed by atoms with Gasteiger partial charge in [0, 0.05) is 19.2 Å². The summed E-state index contributed by atoms with van der Waals surface area (Å²) in [5.41, 5.74) is 3.37. The maximum Gasteiger partial charge on any atom is 0.262 e. The molecule has 1 saturated heterocycles. The number of carbonyl (C=O) groups is 1. The standard InChI is InChI=1S/C30H30N2O5/c1-20-29(21-10-12-22(35-2)13-11-21)30(34)24-15-14-23(18-27(24)37-20)36-19-28(33)31-25-8-4-5-9-26(25)32-16-6-3-7-17-32/h4-5,8-15,18H,3,6-7,16-17,19H2,1-2H3,(H,31,33). The monoisotopic (exact) mass is 498 g/mol. The molecule has 4 aromatic rings. The SMILES string of the molecule is COc1ccc(-c2c(C)oc3cc(OCC(=O)Nc4ccccc4N4CCCCC4)ccc3c2=O)cc1. The van der Waals surface area contributed by atoms with Crippen molar-refractivity contribution in [2.24, 2.45) is 0 Å². The second kappa shape index (κ2) is 10.8. The lowest BCUT2D eigenvalue weighted by Crippen LogP contribution is -2.30. The first-order valence-electron chi connectivity index (χ1n) is 12.5. The Kier molecular flexibility index (Phi) is 7.12. The van der Waals surface area contributed by atoms with Gasteiger partial charge >= 0.3 is 0 Å². The van der Waals surface area contributed by atoms with E-state index < -0.39 is 0 Å². The minimum atomic E-state index is -0.253. The van der Waals surface area contributed by atoms with Gasteiger partial charge in [0.2, 0.25) is 5.43 Å². The number of benzene rings is 3. The van der Waals surface area contributed by atoms with Crippen LogP contribution in [0.15, 0.2) is 75.9 Å². The van der Waals surface area contributed by atoms with Gasteiger partial charge < -0.3 is 24.1 Å². The van der Waals surface area contributed by atoms with Gasteiger partial charge in [0.1, 0.15) is 22.8 Å². The predicted molar refractivity (Wildman–Crippen MR) is 146 cm³/mol. The summed E-state index contributed by atoms with van der Waals surface area (Å²) in [5, 5.41) is 3.43. The van der Waals surface area contributed by atoms with Gasteiger partial charge in [-0.25, -0.2) is 0 Å². The molecule has 1 aliphatic rings. The molecule has 0 atom stereocenters. The van der Waals surface area contributed by atoms with Gasteiger partial charge in [-0.3, -0.25) is 9.59 Å². The van der Waals surface area contributed by atoms with Crippen molar-refractivity contribution in [3.63, 3.8) is 0 Å². The number of hydrogen-bond acceptors (Lipinski definition) is 6. The molecule has 190 valence electrons. The Bertz CT molecular complexity index is 1470. The number of ether oxygens (including phenoxy) is 2. The minimum Gasteiger partial charge on any atom is -0.497 e. The fourth-order valence-corrected chi connectivity index (χ4v) is 4.79. The maximum atomic E-state index is 13.2. The number of methoxy groups -OCH3 is 1. The van der Waals surface area contributed by atoms with E-state index in [9.17, 15) is 9.59 Å². The van der Waals surface area contributed by atoms with Gasteiger partial charge in [0.15, 0.2) is 6.61 Å². The number of fused-ring (bicyclic) bond motifs is 1. The van der Waals surface area contributed by atoms with Crippen LogP contribution in [0.3, 0.4) is 0 Å². The van der Waals surface area contributed by atoms with Gasteiger partial charge in [-0.15, -0.1) is 0 Å². The molecule has 0 spiro atoms. The number of carbonyl (C=O) groups excluding carboxylic acids is 1. The highest BCUT2D eigenvalue weighted by Gasteiger charge is 2.17. The fraction of sp³-hybridized carbons (Fsp3) is 0.267. The molecule has 2 heterocycles. The molecule has 0 unspecified atom stereocenters. The molecule has 1 aromatic heterocycles. The van der Waals surface area contributed by atoms with Gasteiger partial charge in [-0.05, 0) is 68.1 Å². The molecule has 3 aromatic carbocycles. The van der Waals surface area contributed by atoms with E-state index in [-0.39, 0.29) is 17.9 Å². The molecule has 1 amide bonds. The van der Waals surface area contributed by atoms with Crippen LogP contribution >= 0.6 is 0 Å². The molecule has 1 N–H and O–H groups in total. The van der Waals surface area contributed by atoms with Crippen LogP contribution in [0.25, 0.3) is 22.1 Å². The lowest BCUT2D eigenvalue weighted by atomic mass is 10.0. The van der Waals surface area contributed by atoms with Crippen LogP contribution in [0.1, 0.15) is 25.0 Å². The highest BCUT2D eigenvalue weighted by Crippen LogP contribution is 2.29. The zero-order valence-electron chi connectivity index (χ0n) is 21.1. The molecule has 0 saturated carbocycles. The van der Waals surface area contributed by atoms with Gasteiger partial charge in [-0.2, -0.15) is 0 Å². The Labute approximate surface area is 215 Å². The van der Waals surface area contributed by atoms with Crippen LogP contribution in [0.2, 0.25) is 0 Å². The Balaban J connectivity index is 1.30. The normalized spacial score (nSPS) is 13.4. The lowest BCUT2D eigenvalue weighted by Gasteiger charge is -2.30. The molecule has 7 nitrogen and oxygen atoms in total. The highest BCUT2D eigenvalue weighted by atomic mass is 16.5. The number of amides is 1. The Morgan fingerprint density at radius 3 is 2.46 bits per heavy atom. The van der Waals surface area contributed by atoms with Crippen molar-refractivity contribution in [3.05, 3.63) is 82.7 Å². The number of nitrogens with zero attached hydrogens (tertiary/aromatic N) is 1. The number of piperidine rings is 1. The van der Waals surface area contributed by atoms with Crippen LogP contribution in [0.5, 0.6) is 11.5 Å². The van der Waals surface area contributed by atoms with E-state index in [1.165, 1.54) is 6.42 Å². The number of para-hydroxylation sites is 2. The maximum absolute atomic E-state index is 13.2. The van der Waals surface area contributed by atoms with E-state index in [1.54, 1.807) is 32.2 Å². The van der Waals surface area contributed by atoms with Crippen molar-refractivity contribution < 1.29 is 18.7 Å². The largest absolute Gasteiger partial charge is 0.497 e. The van der Waals surface area contributed by atoms with Crippen molar-refractivity contribution in [1.29, 1.82) is 0 Å². The Morgan fingerprint density at radius 2 is 1.70 bits per heavy atom.